The zero-order valence-electron chi connectivity index (χ0n) is 9.48. The lowest BCUT2D eigenvalue weighted by Gasteiger charge is -2.10. The minimum atomic E-state index is -0.127. The summed E-state index contributed by atoms with van der Waals surface area (Å²) in [6.07, 6.45) is 1.42. The summed E-state index contributed by atoms with van der Waals surface area (Å²) in [5, 5.41) is 7.51. The first-order chi connectivity index (χ1) is 8.10. The highest BCUT2D eigenvalue weighted by Crippen LogP contribution is 2.36. The van der Waals surface area contributed by atoms with Gasteiger partial charge in [0.15, 0.2) is 11.5 Å². The molecule has 0 bridgehead atoms. The second kappa shape index (κ2) is 5.95. The average Bonchev–Trinajstić information content (AvgIpc) is 2.30. The van der Waals surface area contributed by atoms with Gasteiger partial charge in [0.1, 0.15) is 0 Å². The Labute approximate surface area is 104 Å². The van der Waals surface area contributed by atoms with Crippen LogP contribution in [-0.2, 0) is 0 Å². The standard InChI is InChI=1S/C10H13ClN4O2/c1-16-7-4-3-6(5-14-15-10(12)13)8(11)9(7)17-2/h3-5H,1-2H3,(H4,12,13,15)/b14-5+/i5+2. The molecule has 7 heteroatoms. The van der Waals surface area contributed by atoms with E-state index in [1.54, 1.807) is 12.1 Å². The maximum atomic E-state index is 6.10. The van der Waals surface area contributed by atoms with Crippen molar-refractivity contribution in [3.05, 3.63) is 22.7 Å². The maximum absolute atomic E-state index is 6.10. The van der Waals surface area contributed by atoms with E-state index in [4.69, 9.17) is 32.5 Å². The molecule has 1 aromatic rings. The van der Waals surface area contributed by atoms with Crippen LogP contribution in [0.5, 0.6) is 11.5 Å². The molecule has 0 amide bonds. The molecular weight excluding hydrogens is 246 g/mol. The summed E-state index contributed by atoms with van der Waals surface area (Å²) < 4.78 is 10.2. The summed E-state index contributed by atoms with van der Waals surface area (Å²) in [6, 6.07) is 3.43. The van der Waals surface area contributed by atoms with E-state index in [2.05, 4.69) is 10.2 Å². The first kappa shape index (κ1) is 13.1. The van der Waals surface area contributed by atoms with Crippen molar-refractivity contribution in [2.24, 2.45) is 21.7 Å². The van der Waals surface area contributed by atoms with Gasteiger partial charge in [-0.15, -0.1) is 5.10 Å². The highest BCUT2D eigenvalue weighted by Gasteiger charge is 2.11. The summed E-state index contributed by atoms with van der Waals surface area (Å²) in [5.41, 5.74) is 10.9. The predicted octanol–water partition coefficient (Wildman–Crippen LogP) is 0.965. The van der Waals surface area contributed by atoms with E-state index in [9.17, 15) is 0 Å². The van der Waals surface area contributed by atoms with Gasteiger partial charge in [0.2, 0.25) is 5.96 Å². The van der Waals surface area contributed by atoms with Crippen molar-refractivity contribution >= 4 is 23.8 Å². The lowest BCUT2D eigenvalue weighted by Crippen LogP contribution is -2.21. The molecule has 0 atom stereocenters. The number of hydrogen-bond acceptors (Lipinski definition) is 4. The quantitative estimate of drug-likeness (QED) is 0.478. The van der Waals surface area contributed by atoms with E-state index >= 15 is 0 Å². The molecular formula is C10H13ClN4O2. The van der Waals surface area contributed by atoms with Crippen molar-refractivity contribution in [2.75, 3.05) is 14.2 Å². The molecule has 0 spiro atoms. The molecule has 0 aromatic heterocycles. The summed E-state index contributed by atoms with van der Waals surface area (Å²) >= 11 is 6.10. The number of hydrogen-bond donors (Lipinski definition) is 2. The first-order valence-corrected chi connectivity index (χ1v) is 5.00. The van der Waals surface area contributed by atoms with Crippen LogP contribution in [0.1, 0.15) is 5.56 Å². The fourth-order valence-corrected chi connectivity index (χ4v) is 1.44. The Morgan fingerprint density at radius 3 is 2.53 bits per heavy atom. The van der Waals surface area contributed by atoms with Crippen molar-refractivity contribution in [1.82, 2.24) is 0 Å². The third-order valence-electron chi connectivity index (χ3n) is 1.88. The second-order valence-corrected chi connectivity index (χ2v) is 3.35. The zero-order chi connectivity index (χ0) is 12.8. The SMILES string of the molecule is COc1ccc(/[14CH]=N/N=C(N)N)c(Cl)c1OC. The van der Waals surface area contributed by atoms with Crippen LogP contribution in [-0.4, -0.2) is 26.4 Å². The van der Waals surface area contributed by atoms with E-state index in [-0.39, 0.29) is 5.96 Å². The van der Waals surface area contributed by atoms with Gasteiger partial charge in [-0.1, -0.05) is 11.6 Å². The van der Waals surface area contributed by atoms with Crippen molar-refractivity contribution in [2.45, 2.75) is 0 Å². The van der Waals surface area contributed by atoms with E-state index in [1.165, 1.54) is 20.4 Å². The van der Waals surface area contributed by atoms with Gasteiger partial charge >= 0.3 is 0 Å². The van der Waals surface area contributed by atoms with Crippen LogP contribution in [0.3, 0.4) is 0 Å². The van der Waals surface area contributed by atoms with E-state index in [1.807, 2.05) is 0 Å². The molecule has 0 aliphatic heterocycles. The van der Waals surface area contributed by atoms with Crippen LogP contribution in [0.15, 0.2) is 22.3 Å². The molecule has 0 saturated heterocycles. The Morgan fingerprint density at radius 1 is 1.29 bits per heavy atom. The van der Waals surface area contributed by atoms with Crippen molar-refractivity contribution < 1.29 is 9.47 Å². The Morgan fingerprint density at radius 2 is 2.00 bits per heavy atom. The zero-order valence-corrected chi connectivity index (χ0v) is 10.2. The van der Waals surface area contributed by atoms with Crippen molar-refractivity contribution in [3.63, 3.8) is 0 Å². The molecule has 4 N–H and O–H groups in total. The molecule has 92 valence electrons. The number of guanidine groups is 1. The lowest BCUT2D eigenvalue weighted by molar-refractivity contribution is 0.355. The fourth-order valence-electron chi connectivity index (χ4n) is 1.16. The van der Waals surface area contributed by atoms with Crippen LogP contribution in [0.25, 0.3) is 0 Å². The number of nitrogens with two attached hydrogens (primary N) is 2. The smallest absolute Gasteiger partial charge is 0.211 e. The van der Waals surface area contributed by atoms with E-state index in [0.717, 1.165) is 0 Å². The summed E-state index contributed by atoms with van der Waals surface area (Å²) in [7, 11) is 3.03. The molecule has 0 aliphatic rings. The normalized spacial score (nSPS) is 10.3. The van der Waals surface area contributed by atoms with Crippen LogP contribution < -0.4 is 20.9 Å². The Bertz CT molecular complexity index is 456. The summed E-state index contributed by atoms with van der Waals surface area (Å²) in [6.45, 7) is 0. The Kier molecular flexibility index (Phi) is 4.59. The largest absolute Gasteiger partial charge is 0.493 e. The van der Waals surface area contributed by atoms with Crippen molar-refractivity contribution in [3.8, 4) is 11.5 Å². The minimum Gasteiger partial charge on any atom is -0.493 e. The summed E-state index contributed by atoms with van der Waals surface area (Å²) in [4.78, 5) is 0. The monoisotopic (exact) mass is 258 g/mol. The minimum absolute atomic E-state index is 0.127. The topological polar surface area (TPSA) is 95.2 Å². The van der Waals surface area contributed by atoms with Crippen LogP contribution in [0.4, 0.5) is 0 Å². The highest BCUT2D eigenvalue weighted by atomic mass is 35.5. The molecule has 6 nitrogen and oxygen atoms in total. The number of benzene rings is 1. The number of ether oxygens (including phenoxy) is 2. The number of rotatable bonds is 4. The Hall–Kier alpha value is -1.95. The molecule has 17 heavy (non-hydrogen) atoms. The van der Waals surface area contributed by atoms with Gasteiger partial charge in [-0.2, -0.15) is 5.10 Å². The van der Waals surface area contributed by atoms with Gasteiger partial charge in [-0.3, -0.25) is 0 Å². The molecule has 0 fully saturated rings. The summed E-state index contributed by atoms with van der Waals surface area (Å²) in [5.74, 6) is 0.845. The lowest BCUT2D eigenvalue weighted by atomic mass is 10.3. The predicted molar refractivity (Wildman–Crippen MR) is 68.0 cm³/mol. The van der Waals surface area contributed by atoms with E-state index in [0.29, 0.717) is 22.1 Å². The number of methoxy groups -OCH3 is 2. The van der Waals surface area contributed by atoms with E-state index < -0.39 is 0 Å². The number of nitrogens with zero attached hydrogens (tertiary/aromatic N) is 2. The Balaban J connectivity index is 3.11. The molecule has 1 rings (SSSR count). The van der Waals surface area contributed by atoms with Gasteiger partial charge < -0.3 is 20.9 Å². The van der Waals surface area contributed by atoms with Crippen LogP contribution >= 0.6 is 11.6 Å². The maximum Gasteiger partial charge on any atom is 0.211 e. The third kappa shape index (κ3) is 3.25. The molecule has 0 heterocycles. The fraction of sp³-hybridized carbons (Fsp3) is 0.200. The third-order valence-corrected chi connectivity index (χ3v) is 2.27. The molecule has 0 radical (unpaired) electrons. The van der Waals surface area contributed by atoms with Crippen LogP contribution in [0.2, 0.25) is 5.02 Å². The molecule has 0 aliphatic carbocycles. The van der Waals surface area contributed by atoms with Crippen molar-refractivity contribution in [1.29, 1.82) is 0 Å². The van der Waals surface area contributed by atoms with Crippen LogP contribution in [0, 0.1) is 0 Å². The molecule has 1 aromatic carbocycles. The van der Waals surface area contributed by atoms with Gasteiger partial charge in [-0.25, -0.2) is 0 Å². The van der Waals surface area contributed by atoms with Gasteiger partial charge in [-0.05, 0) is 12.1 Å². The second-order valence-electron chi connectivity index (χ2n) is 2.97. The first-order valence-electron chi connectivity index (χ1n) is 4.62. The van der Waals surface area contributed by atoms with Gasteiger partial charge in [0, 0.05) is 5.56 Å². The highest BCUT2D eigenvalue weighted by molar-refractivity contribution is 6.34. The average molecular weight is 259 g/mol. The number of halogens is 1. The van der Waals surface area contributed by atoms with Gasteiger partial charge in [0.05, 0.1) is 25.5 Å². The molecule has 0 saturated carbocycles. The molecule has 0 unspecified atom stereocenters. The van der Waals surface area contributed by atoms with Gasteiger partial charge in [0.25, 0.3) is 0 Å².